The molecule has 0 aliphatic carbocycles. The van der Waals surface area contributed by atoms with Crippen LogP contribution >= 0.6 is 0 Å². The van der Waals surface area contributed by atoms with E-state index in [0.29, 0.717) is 5.56 Å². The smallest absolute Gasteiger partial charge is 0.306 e. The predicted octanol–water partition coefficient (Wildman–Crippen LogP) is 9.14. The van der Waals surface area contributed by atoms with Gasteiger partial charge in [0.15, 0.2) is 17.4 Å². The van der Waals surface area contributed by atoms with E-state index in [1.807, 2.05) is 18.2 Å². The largest absolute Gasteiger partial charge is 0.508 e. The Hall–Kier alpha value is -3.15. The van der Waals surface area contributed by atoms with Crippen LogP contribution in [0, 0.1) is 17.6 Å². The molecule has 0 amide bonds. The molecule has 1 atom stereocenters. The van der Waals surface area contributed by atoms with E-state index in [-0.39, 0.29) is 11.7 Å². The lowest BCUT2D eigenvalue weighted by Crippen LogP contribution is -2.13. The number of aryl methyl sites for hydroxylation is 1. The Bertz CT molecular complexity index is 1180. The van der Waals surface area contributed by atoms with E-state index in [1.165, 1.54) is 0 Å². The zero-order valence-corrected chi connectivity index (χ0v) is 22.3. The summed E-state index contributed by atoms with van der Waals surface area (Å²) in [6.45, 7) is 2.09. The number of aliphatic carboxylic acids is 1. The third-order valence-corrected chi connectivity index (χ3v) is 7.43. The molecule has 0 saturated heterocycles. The fourth-order valence-electron chi connectivity index (χ4n) is 5.24. The molecule has 1 unspecified atom stereocenters. The quantitative estimate of drug-likeness (QED) is 0.163. The van der Waals surface area contributed by atoms with E-state index >= 15 is 0 Å². The number of aromatic hydroxyl groups is 2. The highest BCUT2D eigenvalue weighted by molar-refractivity contribution is 5.92. The molecule has 3 rings (SSSR count). The average Bonchev–Trinajstić information content (AvgIpc) is 2.89. The van der Waals surface area contributed by atoms with Gasteiger partial charge in [-0.2, -0.15) is 0 Å². The highest BCUT2D eigenvalue weighted by Crippen LogP contribution is 2.35. The van der Waals surface area contributed by atoms with Crippen molar-refractivity contribution in [1.82, 2.24) is 0 Å². The standard InChI is InChI=1S/C32H40F2O4/c1-2-3-12-22(32(37)38)13-10-8-6-4-5-7-9-11-14-28-26-18-16-25(35)19-23(26)15-17-27(28)24-20-29(33)31(36)30(34)21-24/h15-22,35-36H,2-14H2,1H3,(H,37,38). The van der Waals surface area contributed by atoms with Gasteiger partial charge < -0.3 is 15.3 Å². The van der Waals surface area contributed by atoms with Crippen molar-refractivity contribution >= 4 is 16.7 Å². The molecule has 0 radical (unpaired) electrons. The molecule has 0 aliphatic rings. The number of rotatable bonds is 16. The lowest BCUT2D eigenvalue weighted by atomic mass is 9.90. The second-order valence-electron chi connectivity index (χ2n) is 10.3. The number of phenolic OH excluding ortho intramolecular Hbond substituents is 2. The normalized spacial score (nSPS) is 12.2. The minimum absolute atomic E-state index is 0.164. The summed E-state index contributed by atoms with van der Waals surface area (Å²) in [6, 6.07) is 11.1. The Morgan fingerprint density at radius 3 is 2.03 bits per heavy atom. The summed E-state index contributed by atoms with van der Waals surface area (Å²) >= 11 is 0. The number of halogens is 2. The van der Waals surface area contributed by atoms with Crippen molar-refractivity contribution in [2.45, 2.75) is 90.4 Å². The Morgan fingerprint density at radius 1 is 0.789 bits per heavy atom. The maximum atomic E-state index is 14.1. The van der Waals surface area contributed by atoms with E-state index < -0.39 is 23.4 Å². The lowest BCUT2D eigenvalue weighted by molar-refractivity contribution is -0.142. The molecule has 0 fully saturated rings. The summed E-state index contributed by atoms with van der Waals surface area (Å²) in [5.74, 6) is -3.65. The van der Waals surface area contributed by atoms with Crippen LogP contribution in [-0.2, 0) is 11.2 Å². The van der Waals surface area contributed by atoms with Crippen molar-refractivity contribution < 1.29 is 28.9 Å². The van der Waals surface area contributed by atoms with Gasteiger partial charge in [0.2, 0.25) is 0 Å². The molecular formula is C32H40F2O4. The Morgan fingerprint density at radius 2 is 1.39 bits per heavy atom. The van der Waals surface area contributed by atoms with Gasteiger partial charge in [-0.1, -0.05) is 82.9 Å². The van der Waals surface area contributed by atoms with Gasteiger partial charge in [0.25, 0.3) is 0 Å². The van der Waals surface area contributed by atoms with Crippen LogP contribution < -0.4 is 0 Å². The number of benzene rings is 3. The van der Waals surface area contributed by atoms with Gasteiger partial charge in [-0.3, -0.25) is 4.79 Å². The molecule has 206 valence electrons. The molecule has 6 heteroatoms. The lowest BCUT2D eigenvalue weighted by Gasteiger charge is -2.15. The van der Waals surface area contributed by atoms with E-state index in [4.69, 9.17) is 0 Å². The van der Waals surface area contributed by atoms with Gasteiger partial charge in [0.05, 0.1) is 5.92 Å². The van der Waals surface area contributed by atoms with Crippen molar-refractivity contribution in [1.29, 1.82) is 0 Å². The number of carboxylic acids is 1. The van der Waals surface area contributed by atoms with E-state index in [9.17, 15) is 28.9 Å². The van der Waals surface area contributed by atoms with Crippen molar-refractivity contribution in [3.8, 4) is 22.6 Å². The molecule has 3 aromatic rings. The monoisotopic (exact) mass is 526 g/mol. The summed E-state index contributed by atoms with van der Waals surface area (Å²) in [5.41, 5.74) is 2.07. The molecular weight excluding hydrogens is 486 g/mol. The molecule has 0 spiro atoms. The van der Waals surface area contributed by atoms with Crippen LogP contribution in [0.2, 0.25) is 0 Å². The molecule has 0 heterocycles. The van der Waals surface area contributed by atoms with Crippen molar-refractivity contribution in [3.63, 3.8) is 0 Å². The average molecular weight is 527 g/mol. The fourth-order valence-corrected chi connectivity index (χ4v) is 5.24. The second-order valence-corrected chi connectivity index (χ2v) is 10.3. The SMILES string of the molecule is CCCCC(CCCCCCCCCCc1c(-c2cc(F)c(O)c(F)c2)ccc2cc(O)ccc12)C(=O)O. The maximum Gasteiger partial charge on any atom is 0.306 e. The maximum absolute atomic E-state index is 14.1. The number of hydrogen-bond acceptors (Lipinski definition) is 3. The third kappa shape index (κ3) is 8.17. The summed E-state index contributed by atoms with van der Waals surface area (Å²) in [6.07, 6.45) is 12.8. The Labute approximate surface area is 224 Å². The highest BCUT2D eigenvalue weighted by atomic mass is 19.1. The molecule has 38 heavy (non-hydrogen) atoms. The first-order valence-corrected chi connectivity index (χ1v) is 14.0. The molecule has 4 nitrogen and oxygen atoms in total. The summed E-state index contributed by atoms with van der Waals surface area (Å²) in [4.78, 5) is 11.4. The molecule has 0 aromatic heterocycles. The van der Waals surface area contributed by atoms with Crippen LogP contribution in [0.15, 0.2) is 42.5 Å². The number of hydrogen-bond donors (Lipinski definition) is 3. The Kier molecular flexibility index (Phi) is 11.4. The van der Waals surface area contributed by atoms with Crippen LogP contribution in [0.4, 0.5) is 8.78 Å². The summed E-state index contributed by atoms with van der Waals surface area (Å²) in [7, 11) is 0. The Balaban J connectivity index is 1.51. The molecule has 0 bridgehead atoms. The van der Waals surface area contributed by atoms with Crippen LogP contribution in [0.5, 0.6) is 11.5 Å². The van der Waals surface area contributed by atoms with Crippen LogP contribution in [0.25, 0.3) is 21.9 Å². The first-order valence-electron chi connectivity index (χ1n) is 14.0. The van der Waals surface area contributed by atoms with Crippen LogP contribution in [0.1, 0.15) is 89.5 Å². The summed E-state index contributed by atoms with van der Waals surface area (Å²) < 4.78 is 28.2. The first-order chi connectivity index (χ1) is 18.3. The topological polar surface area (TPSA) is 77.8 Å². The van der Waals surface area contributed by atoms with E-state index in [1.54, 1.807) is 12.1 Å². The molecule has 3 N–H and O–H groups in total. The fraction of sp³-hybridized carbons (Fsp3) is 0.469. The molecule has 0 aliphatic heterocycles. The minimum atomic E-state index is -0.990. The number of fused-ring (bicyclic) bond motifs is 1. The number of unbranched alkanes of at least 4 members (excludes halogenated alkanes) is 8. The predicted molar refractivity (Wildman–Crippen MR) is 149 cm³/mol. The van der Waals surface area contributed by atoms with Crippen molar-refractivity contribution in [2.75, 3.05) is 0 Å². The zero-order valence-electron chi connectivity index (χ0n) is 22.3. The van der Waals surface area contributed by atoms with Crippen LogP contribution in [-0.4, -0.2) is 21.3 Å². The van der Waals surface area contributed by atoms with Gasteiger partial charge in [0, 0.05) is 0 Å². The number of carboxylic acid groups (broad SMARTS) is 1. The summed E-state index contributed by atoms with van der Waals surface area (Å²) in [5, 5.41) is 30.6. The van der Waals surface area contributed by atoms with Gasteiger partial charge in [-0.15, -0.1) is 0 Å². The van der Waals surface area contributed by atoms with Gasteiger partial charge >= 0.3 is 5.97 Å². The van der Waals surface area contributed by atoms with Crippen molar-refractivity contribution in [2.24, 2.45) is 5.92 Å². The first kappa shape index (κ1) is 29.4. The highest BCUT2D eigenvalue weighted by Gasteiger charge is 2.17. The second kappa shape index (κ2) is 14.7. The number of phenols is 2. The van der Waals surface area contributed by atoms with E-state index in [0.717, 1.165) is 118 Å². The van der Waals surface area contributed by atoms with Gasteiger partial charge in [-0.25, -0.2) is 8.78 Å². The number of carbonyl (C=O) groups is 1. The zero-order chi connectivity index (χ0) is 27.5. The van der Waals surface area contributed by atoms with Crippen LogP contribution in [0.3, 0.4) is 0 Å². The molecule has 0 saturated carbocycles. The van der Waals surface area contributed by atoms with Gasteiger partial charge in [-0.05, 0) is 77.4 Å². The third-order valence-electron chi connectivity index (χ3n) is 7.43. The van der Waals surface area contributed by atoms with E-state index in [2.05, 4.69) is 6.92 Å². The minimum Gasteiger partial charge on any atom is -0.508 e. The molecule has 3 aromatic carbocycles. The van der Waals surface area contributed by atoms with Crippen molar-refractivity contribution in [3.05, 3.63) is 59.7 Å². The van der Waals surface area contributed by atoms with Gasteiger partial charge in [0.1, 0.15) is 5.75 Å².